The normalized spacial score (nSPS) is 22.5. The van der Waals surface area contributed by atoms with Gasteiger partial charge in [-0.1, -0.05) is 12.8 Å². The van der Waals surface area contributed by atoms with E-state index in [0.29, 0.717) is 10.7 Å². The maximum Gasteiger partial charge on any atom is 0.308 e. The molecule has 0 radical (unpaired) electrons. The first kappa shape index (κ1) is 20.1. The highest BCUT2D eigenvalue weighted by Crippen LogP contribution is 2.37. The highest BCUT2D eigenvalue weighted by atomic mass is 32.1. The number of imide groups is 1. The van der Waals surface area contributed by atoms with Crippen LogP contribution in [0.5, 0.6) is 0 Å². The van der Waals surface area contributed by atoms with E-state index in [4.69, 9.17) is 4.74 Å². The minimum Gasteiger partial charge on any atom is -0.458 e. The second-order valence-corrected chi connectivity index (χ2v) is 7.98. The minimum atomic E-state index is -1.07. The van der Waals surface area contributed by atoms with E-state index in [1.54, 1.807) is 12.3 Å². The van der Waals surface area contributed by atoms with E-state index in [1.165, 1.54) is 11.3 Å². The fourth-order valence-electron chi connectivity index (χ4n) is 3.73. The lowest BCUT2D eigenvalue weighted by atomic mass is 9.81. The van der Waals surface area contributed by atoms with E-state index >= 15 is 0 Å². The number of aryl methyl sites for hydroxylation is 1. The summed E-state index contributed by atoms with van der Waals surface area (Å²) in [6, 6.07) is 1.88. The summed E-state index contributed by atoms with van der Waals surface area (Å²) in [5.74, 6) is -3.23. The molecule has 3 atom stereocenters. The fraction of sp³-hybridized carbons (Fsp3) is 0.579. The topological polar surface area (TPSA) is 117 Å². The van der Waals surface area contributed by atoms with Crippen molar-refractivity contribution in [3.63, 3.8) is 0 Å². The van der Waals surface area contributed by atoms with Crippen LogP contribution in [-0.4, -0.2) is 46.6 Å². The Morgan fingerprint density at radius 3 is 2.50 bits per heavy atom. The summed E-state index contributed by atoms with van der Waals surface area (Å²) in [5.41, 5.74) is 0.713. The predicted octanol–water partition coefficient (Wildman–Crippen LogP) is 1.74. The number of thiazole rings is 1. The zero-order valence-electron chi connectivity index (χ0n) is 15.6. The third kappa shape index (κ3) is 4.12. The van der Waals surface area contributed by atoms with Crippen LogP contribution >= 0.6 is 11.3 Å². The first-order valence-corrected chi connectivity index (χ1v) is 10.2. The average Bonchev–Trinajstić information content (AvgIpc) is 3.21. The number of carbonyl (C=O) groups is 4. The Kier molecular flexibility index (Phi) is 6.19. The highest BCUT2D eigenvalue weighted by molar-refractivity contribution is 7.09. The van der Waals surface area contributed by atoms with Gasteiger partial charge in [-0.15, -0.1) is 11.3 Å². The molecule has 1 saturated carbocycles. The van der Waals surface area contributed by atoms with Gasteiger partial charge in [0.25, 0.3) is 0 Å². The van der Waals surface area contributed by atoms with E-state index < -0.39 is 24.3 Å². The molecule has 148 valence electrons. The number of nitrogens with zero attached hydrogens (tertiary/aromatic N) is 3. The van der Waals surface area contributed by atoms with E-state index in [-0.39, 0.29) is 36.6 Å². The molecule has 0 N–H and O–H groups in total. The van der Waals surface area contributed by atoms with Crippen molar-refractivity contribution in [3.8, 4) is 6.07 Å². The Morgan fingerprint density at radius 1 is 1.32 bits per heavy atom. The van der Waals surface area contributed by atoms with Crippen LogP contribution in [-0.2, 0) is 23.9 Å². The SMILES string of the molecule is Cc1csc([C@@H](C#N)C(=O)COC(=O)CCN2C(=O)[C@H]3CCCC[C@H]3C2=O)n1. The lowest BCUT2D eigenvalue weighted by molar-refractivity contribution is -0.149. The van der Waals surface area contributed by atoms with E-state index in [0.717, 1.165) is 30.6 Å². The Hall–Kier alpha value is -2.60. The van der Waals surface area contributed by atoms with Crippen LogP contribution in [0.3, 0.4) is 0 Å². The van der Waals surface area contributed by atoms with Crippen molar-refractivity contribution in [1.29, 1.82) is 5.26 Å². The molecular weight excluding hydrogens is 382 g/mol. The maximum absolute atomic E-state index is 12.4. The number of amides is 2. The van der Waals surface area contributed by atoms with E-state index in [2.05, 4.69) is 4.98 Å². The highest BCUT2D eigenvalue weighted by Gasteiger charge is 2.47. The lowest BCUT2D eigenvalue weighted by Crippen LogP contribution is -2.33. The predicted molar refractivity (Wildman–Crippen MR) is 98.0 cm³/mol. The molecule has 0 unspecified atom stereocenters. The van der Waals surface area contributed by atoms with E-state index in [9.17, 15) is 24.4 Å². The standard InChI is InChI=1S/C19H21N3O5S/c1-11-10-28-17(21-11)14(8-20)15(23)9-27-16(24)6-7-22-18(25)12-4-2-3-5-13(12)19(22)26/h10,12-14H,2-7,9H2,1H3/t12-,13+,14-/m0/s1. The zero-order chi connectivity index (χ0) is 20.3. The van der Waals surface area contributed by atoms with Crippen molar-refractivity contribution in [3.05, 3.63) is 16.1 Å². The molecule has 2 aliphatic rings. The van der Waals surface area contributed by atoms with Crippen molar-refractivity contribution in [2.75, 3.05) is 13.2 Å². The monoisotopic (exact) mass is 403 g/mol. The number of carbonyl (C=O) groups excluding carboxylic acids is 4. The molecule has 1 aliphatic carbocycles. The van der Waals surface area contributed by atoms with Gasteiger partial charge in [-0.2, -0.15) is 5.26 Å². The van der Waals surface area contributed by atoms with Gasteiger partial charge in [-0.3, -0.25) is 24.1 Å². The van der Waals surface area contributed by atoms with Gasteiger partial charge in [0, 0.05) is 17.6 Å². The molecule has 2 amide bonds. The number of hydrogen-bond donors (Lipinski definition) is 0. The number of aromatic nitrogens is 1. The van der Waals surface area contributed by atoms with Gasteiger partial charge in [0.1, 0.15) is 5.01 Å². The van der Waals surface area contributed by atoms with Gasteiger partial charge in [-0.25, -0.2) is 4.98 Å². The molecule has 2 heterocycles. The van der Waals surface area contributed by atoms with Gasteiger partial charge in [-0.05, 0) is 19.8 Å². The number of hydrogen-bond acceptors (Lipinski definition) is 8. The zero-order valence-corrected chi connectivity index (χ0v) is 16.4. The Labute approximate surface area is 166 Å². The summed E-state index contributed by atoms with van der Waals surface area (Å²) in [4.78, 5) is 54.2. The van der Waals surface area contributed by atoms with Crippen molar-refractivity contribution in [1.82, 2.24) is 9.88 Å². The van der Waals surface area contributed by atoms with Crippen molar-refractivity contribution in [2.24, 2.45) is 11.8 Å². The van der Waals surface area contributed by atoms with Crippen LogP contribution in [0.4, 0.5) is 0 Å². The second-order valence-electron chi connectivity index (χ2n) is 7.09. The number of rotatable bonds is 7. The number of fused-ring (bicyclic) bond motifs is 1. The van der Waals surface area contributed by atoms with Crippen LogP contribution in [0, 0.1) is 30.1 Å². The molecule has 1 saturated heterocycles. The molecule has 28 heavy (non-hydrogen) atoms. The summed E-state index contributed by atoms with van der Waals surface area (Å²) in [6.07, 6.45) is 3.15. The first-order valence-electron chi connectivity index (χ1n) is 9.27. The second kappa shape index (κ2) is 8.61. The summed E-state index contributed by atoms with van der Waals surface area (Å²) in [6.45, 7) is 1.18. The number of likely N-dealkylation sites (tertiary alicyclic amines) is 1. The smallest absolute Gasteiger partial charge is 0.308 e. The molecule has 1 aromatic heterocycles. The lowest BCUT2D eigenvalue weighted by Gasteiger charge is -2.19. The number of ketones is 1. The molecule has 9 heteroatoms. The molecule has 0 aromatic carbocycles. The number of ether oxygens (including phenoxy) is 1. The van der Waals surface area contributed by atoms with Gasteiger partial charge in [0.2, 0.25) is 11.8 Å². The average molecular weight is 403 g/mol. The summed E-state index contributed by atoms with van der Waals surface area (Å²) in [7, 11) is 0. The van der Waals surface area contributed by atoms with Crippen LogP contribution in [0.25, 0.3) is 0 Å². The summed E-state index contributed by atoms with van der Waals surface area (Å²) in [5, 5.41) is 11.3. The minimum absolute atomic E-state index is 0.0367. The van der Waals surface area contributed by atoms with E-state index in [1.807, 2.05) is 6.07 Å². The molecular formula is C19H21N3O5S. The maximum atomic E-state index is 12.4. The van der Waals surface area contributed by atoms with Gasteiger partial charge >= 0.3 is 5.97 Å². The van der Waals surface area contributed by atoms with Crippen molar-refractivity contribution < 1.29 is 23.9 Å². The van der Waals surface area contributed by atoms with Crippen LogP contribution < -0.4 is 0 Å². The summed E-state index contributed by atoms with van der Waals surface area (Å²) >= 11 is 1.21. The first-order chi connectivity index (χ1) is 13.4. The molecule has 2 fully saturated rings. The molecule has 0 bridgehead atoms. The van der Waals surface area contributed by atoms with Gasteiger partial charge < -0.3 is 4.74 Å². The molecule has 8 nitrogen and oxygen atoms in total. The number of esters is 1. The Morgan fingerprint density at radius 2 is 1.96 bits per heavy atom. The van der Waals surface area contributed by atoms with Gasteiger partial charge in [0.15, 0.2) is 18.3 Å². The Bertz CT molecular complexity index is 819. The summed E-state index contributed by atoms with van der Waals surface area (Å²) < 4.78 is 4.95. The molecule has 0 spiro atoms. The van der Waals surface area contributed by atoms with Crippen LogP contribution in [0.15, 0.2) is 5.38 Å². The quantitative estimate of drug-likeness (QED) is 0.502. The van der Waals surface area contributed by atoms with Crippen LogP contribution in [0.2, 0.25) is 0 Å². The number of nitriles is 1. The fourth-order valence-corrected chi connectivity index (χ4v) is 4.59. The third-order valence-electron chi connectivity index (χ3n) is 5.18. The van der Waals surface area contributed by atoms with Crippen molar-refractivity contribution in [2.45, 2.75) is 44.9 Å². The third-order valence-corrected chi connectivity index (χ3v) is 6.21. The number of Topliss-reactive ketones (excluding diaryl/α,β-unsaturated/α-hetero) is 1. The largest absolute Gasteiger partial charge is 0.458 e. The Balaban J connectivity index is 1.48. The molecule has 1 aliphatic heterocycles. The molecule has 3 rings (SSSR count). The van der Waals surface area contributed by atoms with Crippen LogP contribution in [0.1, 0.15) is 48.7 Å². The van der Waals surface area contributed by atoms with Gasteiger partial charge in [0.05, 0.1) is 24.3 Å². The van der Waals surface area contributed by atoms with Crippen molar-refractivity contribution >= 4 is 34.9 Å². The molecule has 1 aromatic rings.